The minimum atomic E-state index is -0.595. The summed E-state index contributed by atoms with van der Waals surface area (Å²) in [5.74, 6) is -0.595. The smallest absolute Gasteiger partial charge is 0.331 e. The predicted molar refractivity (Wildman–Crippen MR) is 131 cm³/mol. The molecule has 0 N–H and O–H groups in total. The van der Waals surface area contributed by atoms with Gasteiger partial charge in [0.2, 0.25) is 0 Å². The molecule has 0 saturated carbocycles. The minimum absolute atomic E-state index is 0.135. The van der Waals surface area contributed by atoms with E-state index in [1.807, 2.05) is 18.2 Å². The maximum atomic E-state index is 12.3. The number of hydrogen-bond acceptors (Lipinski definition) is 5. The molecular weight excluding hydrogens is 531 g/mol. The van der Waals surface area contributed by atoms with Gasteiger partial charge in [-0.15, -0.1) is 0 Å². The SMILES string of the molecule is Cc1nn(Cc2ccccc2Cl)c(Cl)c1C=CC(=O)OCc1cc(=O)n2cc(Br)ccc2n1. The van der Waals surface area contributed by atoms with Crippen LogP contribution < -0.4 is 5.56 Å². The number of carbonyl (C=O) groups is 1. The number of aromatic nitrogens is 4. The fraction of sp³-hybridized carbons (Fsp3) is 0.130. The summed E-state index contributed by atoms with van der Waals surface area (Å²) in [6, 6.07) is 12.2. The second-order valence-electron chi connectivity index (χ2n) is 7.14. The van der Waals surface area contributed by atoms with E-state index in [1.54, 1.807) is 42.1 Å². The Hall–Kier alpha value is -2.94. The first kappa shape index (κ1) is 23.2. The summed E-state index contributed by atoms with van der Waals surface area (Å²) in [7, 11) is 0. The Morgan fingerprint density at radius 2 is 2.00 bits per heavy atom. The maximum absolute atomic E-state index is 12.3. The van der Waals surface area contributed by atoms with Gasteiger partial charge in [-0.2, -0.15) is 5.10 Å². The van der Waals surface area contributed by atoms with Gasteiger partial charge in [-0.1, -0.05) is 41.4 Å². The summed E-state index contributed by atoms with van der Waals surface area (Å²) < 4.78 is 9.02. The standard InChI is InChI=1S/C23H17BrCl2N4O3/c1-14-18(23(26)30(28-14)11-15-4-2-3-5-19(15)25)7-9-22(32)33-13-17-10-21(31)29-12-16(24)6-8-20(29)27-17/h2-10,12H,11,13H2,1H3. The Balaban J connectivity index is 1.44. The molecule has 4 rings (SSSR count). The highest BCUT2D eigenvalue weighted by Gasteiger charge is 2.13. The van der Waals surface area contributed by atoms with E-state index in [2.05, 4.69) is 26.0 Å². The second kappa shape index (κ2) is 9.91. The number of esters is 1. The lowest BCUT2D eigenvalue weighted by atomic mass is 10.2. The molecule has 0 aliphatic rings. The van der Waals surface area contributed by atoms with Gasteiger partial charge in [0.15, 0.2) is 0 Å². The number of aryl methyl sites for hydroxylation is 1. The van der Waals surface area contributed by atoms with Crippen LogP contribution in [0.15, 0.2) is 64.0 Å². The Bertz CT molecular complexity index is 1450. The molecule has 10 heteroatoms. The van der Waals surface area contributed by atoms with E-state index in [0.717, 1.165) is 10.0 Å². The van der Waals surface area contributed by atoms with Crippen LogP contribution in [0, 0.1) is 6.92 Å². The Morgan fingerprint density at radius 1 is 1.21 bits per heavy atom. The van der Waals surface area contributed by atoms with Crippen molar-refractivity contribution in [1.82, 2.24) is 19.2 Å². The first-order chi connectivity index (χ1) is 15.8. The van der Waals surface area contributed by atoms with Crippen molar-refractivity contribution in [3.63, 3.8) is 0 Å². The van der Waals surface area contributed by atoms with E-state index < -0.39 is 5.97 Å². The number of pyridine rings is 1. The quantitative estimate of drug-likeness (QED) is 0.248. The predicted octanol–water partition coefficient (Wildman–Crippen LogP) is 5.07. The van der Waals surface area contributed by atoms with Gasteiger partial charge in [0.05, 0.1) is 17.9 Å². The summed E-state index contributed by atoms with van der Waals surface area (Å²) >= 11 is 16.0. The summed E-state index contributed by atoms with van der Waals surface area (Å²) in [5.41, 5.74) is 2.69. The summed E-state index contributed by atoms with van der Waals surface area (Å²) in [5, 5.41) is 5.44. The molecule has 3 heterocycles. The molecule has 0 saturated heterocycles. The average molecular weight is 548 g/mol. The topological polar surface area (TPSA) is 78.5 Å². The van der Waals surface area contributed by atoms with E-state index in [-0.39, 0.29) is 12.2 Å². The number of ether oxygens (including phenoxy) is 1. The molecule has 33 heavy (non-hydrogen) atoms. The Morgan fingerprint density at radius 3 is 2.79 bits per heavy atom. The molecular formula is C23H17BrCl2N4O3. The van der Waals surface area contributed by atoms with Crippen LogP contribution in [-0.2, 0) is 22.7 Å². The lowest BCUT2D eigenvalue weighted by molar-refractivity contribution is -0.139. The molecule has 0 aliphatic heterocycles. The van der Waals surface area contributed by atoms with Crippen molar-refractivity contribution >= 4 is 56.8 Å². The summed E-state index contributed by atoms with van der Waals surface area (Å²) in [4.78, 5) is 28.8. The first-order valence-electron chi connectivity index (χ1n) is 9.81. The van der Waals surface area contributed by atoms with Gasteiger partial charge in [0.1, 0.15) is 17.4 Å². The van der Waals surface area contributed by atoms with E-state index in [9.17, 15) is 9.59 Å². The molecule has 1 aromatic carbocycles. The number of nitrogens with zero attached hydrogens (tertiary/aromatic N) is 4. The number of halogens is 3. The zero-order valence-electron chi connectivity index (χ0n) is 17.3. The molecule has 7 nitrogen and oxygen atoms in total. The third-order valence-corrected chi connectivity index (χ3v) is 6.05. The van der Waals surface area contributed by atoms with Crippen LogP contribution in [0.25, 0.3) is 11.7 Å². The van der Waals surface area contributed by atoms with Gasteiger partial charge in [0, 0.05) is 33.4 Å². The highest BCUT2D eigenvalue weighted by molar-refractivity contribution is 9.10. The zero-order valence-corrected chi connectivity index (χ0v) is 20.4. The molecule has 4 aromatic rings. The molecule has 0 unspecified atom stereocenters. The number of hydrogen-bond donors (Lipinski definition) is 0. The highest BCUT2D eigenvalue weighted by atomic mass is 79.9. The first-order valence-corrected chi connectivity index (χ1v) is 11.4. The summed E-state index contributed by atoms with van der Waals surface area (Å²) in [6.07, 6.45) is 4.44. The van der Waals surface area contributed by atoms with Crippen LogP contribution in [0.1, 0.15) is 22.5 Å². The van der Waals surface area contributed by atoms with Gasteiger partial charge in [0.25, 0.3) is 5.56 Å². The number of rotatable bonds is 6. The summed E-state index contributed by atoms with van der Waals surface area (Å²) in [6.45, 7) is 2.06. The van der Waals surface area contributed by atoms with Gasteiger partial charge >= 0.3 is 5.97 Å². The van der Waals surface area contributed by atoms with Crippen LogP contribution >= 0.6 is 39.1 Å². The molecule has 0 spiro atoms. The molecule has 0 radical (unpaired) electrons. The highest BCUT2D eigenvalue weighted by Crippen LogP contribution is 2.24. The third kappa shape index (κ3) is 5.35. The number of benzene rings is 1. The van der Waals surface area contributed by atoms with Crippen LogP contribution in [0.3, 0.4) is 0 Å². The lowest BCUT2D eigenvalue weighted by Crippen LogP contribution is -2.16. The van der Waals surface area contributed by atoms with Gasteiger partial charge in [-0.3, -0.25) is 9.20 Å². The fourth-order valence-corrected chi connectivity index (χ4v) is 4.02. The molecule has 0 bridgehead atoms. The fourth-order valence-electron chi connectivity index (χ4n) is 3.19. The normalized spacial score (nSPS) is 11.4. The zero-order chi connectivity index (χ0) is 23.5. The van der Waals surface area contributed by atoms with Crippen LogP contribution in [0.5, 0.6) is 0 Å². The minimum Gasteiger partial charge on any atom is -0.456 e. The van der Waals surface area contributed by atoms with Gasteiger partial charge in [-0.25, -0.2) is 14.5 Å². The molecule has 0 atom stereocenters. The van der Waals surface area contributed by atoms with Crippen molar-refractivity contribution in [3.05, 3.63) is 102 Å². The van der Waals surface area contributed by atoms with Gasteiger partial charge in [-0.05, 0) is 52.7 Å². The van der Waals surface area contributed by atoms with Crippen molar-refractivity contribution in [3.8, 4) is 0 Å². The van der Waals surface area contributed by atoms with Crippen molar-refractivity contribution < 1.29 is 9.53 Å². The Labute approximate surface area is 207 Å². The van der Waals surface area contributed by atoms with Crippen molar-refractivity contribution in [2.24, 2.45) is 0 Å². The van der Waals surface area contributed by atoms with E-state index in [0.29, 0.717) is 39.3 Å². The van der Waals surface area contributed by atoms with Crippen LogP contribution in [0.4, 0.5) is 0 Å². The van der Waals surface area contributed by atoms with Crippen LogP contribution in [-0.4, -0.2) is 25.1 Å². The van der Waals surface area contributed by atoms with Gasteiger partial charge < -0.3 is 4.74 Å². The molecule has 0 amide bonds. The lowest BCUT2D eigenvalue weighted by Gasteiger charge is -2.05. The van der Waals surface area contributed by atoms with E-state index in [1.165, 1.54) is 16.5 Å². The van der Waals surface area contributed by atoms with Crippen molar-refractivity contribution in [2.75, 3.05) is 0 Å². The maximum Gasteiger partial charge on any atom is 0.331 e. The van der Waals surface area contributed by atoms with E-state index >= 15 is 0 Å². The molecule has 0 fully saturated rings. The van der Waals surface area contributed by atoms with Crippen molar-refractivity contribution in [2.45, 2.75) is 20.1 Å². The second-order valence-corrected chi connectivity index (χ2v) is 8.82. The molecule has 168 valence electrons. The largest absolute Gasteiger partial charge is 0.456 e. The Kier molecular flexibility index (Phi) is 6.97. The molecule has 3 aromatic heterocycles. The number of fused-ring (bicyclic) bond motifs is 1. The van der Waals surface area contributed by atoms with E-state index in [4.69, 9.17) is 27.9 Å². The molecule has 0 aliphatic carbocycles. The third-order valence-electron chi connectivity index (χ3n) is 4.81. The average Bonchev–Trinajstić information content (AvgIpc) is 3.05. The monoisotopic (exact) mass is 546 g/mol. The van der Waals surface area contributed by atoms with Crippen LogP contribution in [0.2, 0.25) is 10.2 Å². The number of carbonyl (C=O) groups excluding carboxylic acids is 1. The van der Waals surface area contributed by atoms with Crippen molar-refractivity contribution in [1.29, 1.82) is 0 Å².